The molecule has 201 valence electrons. The van der Waals surface area contributed by atoms with Crippen LogP contribution in [-0.2, 0) is 20.1 Å². The van der Waals surface area contributed by atoms with Gasteiger partial charge < -0.3 is 0 Å². The average molecular weight is 700 g/mol. The molecule has 3 nitrogen and oxygen atoms in total. The van der Waals surface area contributed by atoms with E-state index < -0.39 is 0 Å². The maximum Gasteiger partial charge on any atom is 0.0704 e. The Bertz CT molecular complexity index is 1380. The molecule has 0 saturated carbocycles. The Hall–Kier alpha value is -4.24. The van der Waals surface area contributed by atoms with Crippen molar-refractivity contribution in [3.8, 4) is 33.8 Å². The fourth-order valence-electron chi connectivity index (χ4n) is 3.91. The van der Waals surface area contributed by atoms with E-state index in [1.165, 1.54) is 33.4 Å². The minimum Gasteiger partial charge on any atom is -0.256 e. The Kier molecular flexibility index (Phi) is 12.1. The van der Waals surface area contributed by atoms with Crippen molar-refractivity contribution < 1.29 is 20.1 Å². The van der Waals surface area contributed by atoms with Gasteiger partial charge in [0.25, 0.3) is 0 Å². The van der Waals surface area contributed by atoms with Crippen molar-refractivity contribution in [1.82, 2.24) is 15.0 Å². The third-order valence-corrected chi connectivity index (χ3v) is 5.95. The summed E-state index contributed by atoms with van der Waals surface area (Å²) >= 11 is 0. The Morgan fingerprint density at radius 3 is 0.825 bits per heavy atom. The molecule has 3 aromatic carbocycles. The first-order valence-corrected chi connectivity index (χ1v) is 13.0. The van der Waals surface area contributed by atoms with Crippen LogP contribution in [-0.4, -0.2) is 15.0 Å². The summed E-state index contributed by atoms with van der Waals surface area (Å²) in [7, 11) is 0. The summed E-state index contributed by atoms with van der Waals surface area (Å²) < 4.78 is 0. The van der Waals surface area contributed by atoms with E-state index in [1.807, 2.05) is 91.4 Å². The molecule has 1 radical (unpaired) electrons. The molecule has 0 spiro atoms. The Labute approximate surface area is 251 Å². The molecule has 0 fully saturated rings. The summed E-state index contributed by atoms with van der Waals surface area (Å²) in [6.45, 7) is 6.23. The second-order valence-corrected chi connectivity index (χ2v) is 9.25. The molecule has 3 heterocycles. The van der Waals surface area contributed by atoms with Gasteiger partial charge in [0.1, 0.15) is 0 Å². The summed E-state index contributed by atoms with van der Waals surface area (Å²) in [6.07, 6.45) is 5.53. The monoisotopic (exact) mass is 700 g/mol. The number of benzene rings is 3. The number of pyridine rings is 3. The van der Waals surface area contributed by atoms with E-state index in [2.05, 4.69) is 90.3 Å². The maximum absolute atomic E-state index is 4.31. The maximum atomic E-state index is 4.31. The molecule has 0 unspecified atom stereocenters. The van der Waals surface area contributed by atoms with Crippen LogP contribution in [0.3, 0.4) is 0 Å². The summed E-state index contributed by atoms with van der Waals surface area (Å²) in [5, 5.41) is 0. The van der Waals surface area contributed by atoms with Crippen LogP contribution in [0.2, 0.25) is 0 Å². The molecule has 40 heavy (non-hydrogen) atoms. The van der Waals surface area contributed by atoms with Crippen molar-refractivity contribution in [3.05, 3.63) is 163 Å². The molecule has 3 aromatic heterocycles. The first-order chi connectivity index (χ1) is 19.1. The van der Waals surface area contributed by atoms with Crippen LogP contribution in [0.25, 0.3) is 33.8 Å². The molecule has 0 aliphatic heterocycles. The van der Waals surface area contributed by atoms with Crippen LogP contribution in [0.5, 0.6) is 0 Å². The SMILES string of the molecule is Cc1ccnc(-c2ccccc2)c1.Cc1ccnc(-c2ccccc2)c1.Cc1ccnc(-c2ccccc2)c1.[Ir]. The predicted octanol–water partition coefficient (Wildman–Crippen LogP) is 9.17. The second kappa shape index (κ2) is 16.0. The minimum atomic E-state index is 0. The average Bonchev–Trinajstić information content (AvgIpc) is 2.99. The van der Waals surface area contributed by atoms with E-state index in [0.29, 0.717) is 0 Å². The minimum absolute atomic E-state index is 0. The Morgan fingerprint density at radius 1 is 0.350 bits per heavy atom. The molecular formula is C36H33IrN3. The van der Waals surface area contributed by atoms with Crippen molar-refractivity contribution in [2.45, 2.75) is 20.8 Å². The summed E-state index contributed by atoms with van der Waals surface area (Å²) in [5.41, 5.74) is 10.4. The zero-order valence-electron chi connectivity index (χ0n) is 23.0. The molecule has 0 amide bonds. The van der Waals surface area contributed by atoms with Crippen molar-refractivity contribution in [2.24, 2.45) is 0 Å². The van der Waals surface area contributed by atoms with Gasteiger partial charge in [-0.2, -0.15) is 0 Å². The first-order valence-electron chi connectivity index (χ1n) is 13.0. The Balaban J connectivity index is 0.000000163. The third kappa shape index (κ3) is 9.50. The smallest absolute Gasteiger partial charge is 0.0704 e. The molecule has 0 bridgehead atoms. The van der Waals surface area contributed by atoms with Gasteiger partial charge in [-0.05, 0) is 73.9 Å². The fraction of sp³-hybridized carbons (Fsp3) is 0.0833. The van der Waals surface area contributed by atoms with Crippen LogP contribution < -0.4 is 0 Å². The quantitative estimate of drug-likeness (QED) is 0.185. The van der Waals surface area contributed by atoms with Crippen molar-refractivity contribution in [1.29, 1.82) is 0 Å². The topological polar surface area (TPSA) is 38.7 Å². The van der Waals surface area contributed by atoms with Crippen LogP contribution in [0.4, 0.5) is 0 Å². The number of nitrogens with zero attached hydrogens (tertiary/aromatic N) is 3. The summed E-state index contributed by atoms with van der Waals surface area (Å²) in [6, 6.07) is 42.9. The molecule has 0 N–H and O–H groups in total. The molecule has 0 aliphatic carbocycles. The van der Waals surface area contributed by atoms with Gasteiger partial charge in [-0.15, -0.1) is 0 Å². The van der Waals surface area contributed by atoms with Gasteiger partial charge in [0, 0.05) is 55.4 Å². The summed E-state index contributed by atoms with van der Waals surface area (Å²) in [4.78, 5) is 12.9. The first kappa shape index (κ1) is 30.3. The van der Waals surface area contributed by atoms with E-state index in [0.717, 1.165) is 17.1 Å². The molecule has 6 rings (SSSR count). The van der Waals surface area contributed by atoms with Gasteiger partial charge in [0.05, 0.1) is 17.1 Å². The van der Waals surface area contributed by atoms with Gasteiger partial charge in [0.2, 0.25) is 0 Å². The Morgan fingerprint density at radius 2 is 0.600 bits per heavy atom. The molecular weight excluding hydrogens is 667 g/mol. The number of rotatable bonds is 3. The molecule has 0 aliphatic rings. The van der Waals surface area contributed by atoms with Crippen LogP contribution in [0.15, 0.2) is 146 Å². The zero-order valence-corrected chi connectivity index (χ0v) is 25.4. The van der Waals surface area contributed by atoms with Crippen LogP contribution >= 0.6 is 0 Å². The van der Waals surface area contributed by atoms with Gasteiger partial charge in [0.15, 0.2) is 0 Å². The molecule has 0 atom stereocenters. The number of hydrogen-bond acceptors (Lipinski definition) is 3. The van der Waals surface area contributed by atoms with Gasteiger partial charge in [-0.1, -0.05) is 91.0 Å². The van der Waals surface area contributed by atoms with E-state index >= 15 is 0 Å². The zero-order chi connectivity index (χ0) is 27.3. The van der Waals surface area contributed by atoms with Crippen molar-refractivity contribution >= 4 is 0 Å². The van der Waals surface area contributed by atoms with Crippen LogP contribution in [0, 0.1) is 20.8 Å². The van der Waals surface area contributed by atoms with E-state index in [4.69, 9.17) is 0 Å². The predicted molar refractivity (Wildman–Crippen MR) is 163 cm³/mol. The van der Waals surface area contributed by atoms with Crippen molar-refractivity contribution in [2.75, 3.05) is 0 Å². The van der Waals surface area contributed by atoms with Gasteiger partial charge in [-0.25, -0.2) is 0 Å². The number of aryl methyl sites for hydroxylation is 3. The molecule has 4 heteroatoms. The standard InChI is InChI=1S/3C12H11N.Ir/c3*1-10-7-8-13-12(9-10)11-5-3-2-4-6-11;/h3*2-9H,1H3;. The number of hydrogen-bond donors (Lipinski definition) is 0. The van der Waals surface area contributed by atoms with Gasteiger partial charge in [-0.3, -0.25) is 15.0 Å². The van der Waals surface area contributed by atoms with E-state index in [1.54, 1.807) is 0 Å². The van der Waals surface area contributed by atoms with Gasteiger partial charge >= 0.3 is 0 Å². The summed E-state index contributed by atoms with van der Waals surface area (Å²) in [5.74, 6) is 0. The number of aromatic nitrogens is 3. The third-order valence-electron chi connectivity index (χ3n) is 5.95. The fourth-order valence-corrected chi connectivity index (χ4v) is 3.91. The van der Waals surface area contributed by atoms with E-state index in [-0.39, 0.29) is 20.1 Å². The van der Waals surface area contributed by atoms with Crippen LogP contribution in [0.1, 0.15) is 16.7 Å². The van der Waals surface area contributed by atoms with Crippen molar-refractivity contribution in [3.63, 3.8) is 0 Å². The second-order valence-electron chi connectivity index (χ2n) is 9.25. The normalized spacial score (nSPS) is 9.68. The molecule has 6 aromatic rings. The van der Waals surface area contributed by atoms with E-state index in [9.17, 15) is 0 Å². The largest absolute Gasteiger partial charge is 0.256 e. The molecule has 0 saturated heterocycles.